The fraction of sp³-hybridized carbons (Fsp3) is 0.333. The van der Waals surface area contributed by atoms with E-state index >= 15 is 0 Å². The van der Waals surface area contributed by atoms with Crippen LogP contribution in [0.4, 0.5) is 9.93 Å². The normalized spacial score (nSPS) is 10.8. The molecule has 1 aromatic heterocycles. The number of hydrogen-bond acceptors (Lipinski definition) is 3. The van der Waals surface area contributed by atoms with Gasteiger partial charge in [-0.05, 0) is 18.1 Å². The molecule has 5 heteroatoms. The fourth-order valence-corrected chi connectivity index (χ4v) is 2.22. The maximum absolute atomic E-state index is 11.5. The van der Waals surface area contributed by atoms with Crippen molar-refractivity contribution in [1.82, 2.24) is 10.3 Å². The molecule has 0 radical (unpaired) electrons. The minimum absolute atomic E-state index is 0.197. The first-order valence-electron chi connectivity index (χ1n) is 5.55. The zero-order chi connectivity index (χ0) is 12.3. The maximum atomic E-state index is 11.5. The van der Waals surface area contributed by atoms with Crippen LogP contribution >= 0.6 is 11.3 Å². The molecule has 0 saturated carbocycles. The summed E-state index contributed by atoms with van der Waals surface area (Å²) in [5, 5.41) is 6.17. The number of hydrogen-bond donors (Lipinski definition) is 2. The SMILES string of the molecule is CC(C)CNC(=O)Nc1nc2ccccc2s1. The van der Waals surface area contributed by atoms with Crippen LogP contribution in [0.1, 0.15) is 13.8 Å². The lowest BCUT2D eigenvalue weighted by atomic mass is 10.2. The highest BCUT2D eigenvalue weighted by molar-refractivity contribution is 7.22. The second-order valence-electron chi connectivity index (χ2n) is 4.22. The van der Waals surface area contributed by atoms with E-state index in [1.807, 2.05) is 24.3 Å². The van der Waals surface area contributed by atoms with Gasteiger partial charge in [-0.1, -0.05) is 37.3 Å². The molecule has 2 amide bonds. The zero-order valence-corrected chi connectivity index (χ0v) is 10.7. The average Bonchev–Trinajstić information content (AvgIpc) is 2.68. The topological polar surface area (TPSA) is 54.0 Å². The number of nitrogens with zero attached hydrogens (tertiary/aromatic N) is 1. The van der Waals surface area contributed by atoms with E-state index in [1.165, 1.54) is 11.3 Å². The van der Waals surface area contributed by atoms with E-state index < -0.39 is 0 Å². The molecule has 1 heterocycles. The number of nitrogens with one attached hydrogen (secondary N) is 2. The number of fused-ring (bicyclic) bond motifs is 1. The van der Waals surface area contributed by atoms with E-state index in [2.05, 4.69) is 29.5 Å². The van der Waals surface area contributed by atoms with Crippen molar-refractivity contribution in [3.63, 3.8) is 0 Å². The first-order chi connectivity index (χ1) is 8.15. The molecular weight excluding hydrogens is 234 g/mol. The summed E-state index contributed by atoms with van der Waals surface area (Å²) in [4.78, 5) is 15.9. The van der Waals surface area contributed by atoms with E-state index in [4.69, 9.17) is 0 Å². The van der Waals surface area contributed by atoms with Crippen LogP contribution in [-0.4, -0.2) is 17.6 Å². The molecule has 0 atom stereocenters. The van der Waals surface area contributed by atoms with Crippen molar-refractivity contribution in [2.75, 3.05) is 11.9 Å². The fourth-order valence-electron chi connectivity index (χ4n) is 1.36. The van der Waals surface area contributed by atoms with E-state index in [-0.39, 0.29) is 6.03 Å². The van der Waals surface area contributed by atoms with Gasteiger partial charge in [0.25, 0.3) is 0 Å². The Kier molecular flexibility index (Phi) is 3.58. The van der Waals surface area contributed by atoms with Gasteiger partial charge >= 0.3 is 6.03 Å². The Morgan fingerprint density at radius 1 is 1.41 bits per heavy atom. The molecule has 2 N–H and O–H groups in total. The van der Waals surface area contributed by atoms with Gasteiger partial charge in [0.05, 0.1) is 10.2 Å². The summed E-state index contributed by atoms with van der Waals surface area (Å²) in [7, 11) is 0. The van der Waals surface area contributed by atoms with Crippen LogP contribution < -0.4 is 10.6 Å². The summed E-state index contributed by atoms with van der Waals surface area (Å²) < 4.78 is 1.08. The number of carbonyl (C=O) groups excluding carboxylic acids is 1. The number of urea groups is 1. The third kappa shape index (κ3) is 3.17. The highest BCUT2D eigenvalue weighted by Crippen LogP contribution is 2.25. The van der Waals surface area contributed by atoms with Gasteiger partial charge in [0, 0.05) is 6.54 Å². The van der Waals surface area contributed by atoms with Gasteiger partial charge in [0.2, 0.25) is 0 Å². The molecule has 2 aromatic rings. The number of rotatable bonds is 3. The average molecular weight is 249 g/mol. The van der Waals surface area contributed by atoms with Gasteiger partial charge in [-0.2, -0.15) is 0 Å². The minimum Gasteiger partial charge on any atom is -0.338 e. The monoisotopic (exact) mass is 249 g/mol. The number of amides is 2. The third-order valence-corrected chi connectivity index (χ3v) is 3.14. The molecule has 90 valence electrons. The molecule has 2 rings (SSSR count). The Balaban J connectivity index is 2.01. The second-order valence-corrected chi connectivity index (χ2v) is 5.25. The van der Waals surface area contributed by atoms with Crippen molar-refractivity contribution < 1.29 is 4.79 Å². The Bertz CT molecular complexity index is 488. The smallest absolute Gasteiger partial charge is 0.321 e. The van der Waals surface area contributed by atoms with Gasteiger partial charge in [-0.3, -0.25) is 5.32 Å². The largest absolute Gasteiger partial charge is 0.338 e. The van der Waals surface area contributed by atoms with E-state index in [9.17, 15) is 4.79 Å². The lowest BCUT2D eigenvalue weighted by Gasteiger charge is -2.06. The van der Waals surface area contributed by atoms with Crippen LogP contribution in [0.25, 0.3) is 10.2 Å². The lowest BCUT2D eigenvalue weighted by molar-refractivity contribution is 0.251. The first-order valence-corrected chi connectivity index (χ1v) is 6.37. The van der Waals surface area contributed by atoms with Crippen molar-refractivity contribution in [2.24, 2.45) is 5.92 Å². The van der Waals surface area contributed by atoms with Gasteiger partial charge < -0.3 is 5.32 Å². The summed E-state index contributed by atoms with van der Waals surface area (Å²) in [6.07, 6.45) is 0. The number of aromatic nitrogens is 1. The van der Waals surface area contributed by atoms with E-state index in [1.54, 1.807) is 0 Å². The standard InChI is InChI=1S/C12H15N3OS/c1-8(2)7-13-11(16)15-12-14-9-5-3-4-6-10(9)17-12/h3-6,8H,7H2,1-2H3,(H2,13,14,15,16). The molecule has 4 nitrogen and oxygen atoms in total. The van der Waals surface area contributed by atoms with Crippen LogP contribution in [0, 0.1) is 5.92 Å². The Morgan fingerprint density at radius 3 is 2.88 bits per heavy atom. The predicted molar refractivity (Wildman–Crippen MR) is 71.5 cm³/mol. The molecule has 0 aliphatic heterocycles. The molecule has 0 fully saturated rings. The molecule has 0 aliphatic rings. The Morgan fingerprint density at radius 2 is 2.18 bits per heavy atom. The zero-order valence-electron chi connectivity index (χ0n) is 9.86. The van der Waals surface area contributed by atoms with E-state index in [0.29, 0.717) is 17.6 Å². The van der Waals surface area contributed by atoms with Crippen LogP contribution in [0.2, 0.25) is 0 Å². The van der Waals surface area contributed by atoms with Gasteiger partial charge in [-0.25, -0.2) is 9.78 Å². The summed E-state index contributed by atoms with van der Waals surface area (Å²) in [6.45, 7) is 4.77. The summed E-state index contributed by atoms with van der Waals surface area (Å²) in [5.74, 6) is 0.441. The van der Waals surface area contributed by atoms with Crippen molar-refractivity contribution in [3.8, 4) is 0 Å². The minimum atomic E-state index is -0.197. The molecular formula is C12H15N3OS. The van der Waals surface area contributed by atoms with Crippen molar-refractivity contribution >= 4 is 32.7 Å². The summed E-state index contributed by atoms with van der Waals surface area (Å²) >= 11 is 1.48. The molecule has 0 spiro atoms. The van der Waals surface area contributed by atoms with Crippen molar-refractivity contribution in [3.05, 3.63) is 24.3 Å². The summed E-state index contributed by atoms with van der Waals surface area (Å²) in [5.41, 5.74) is 0.914. The first kappa shape index (κ1) is 11.9. The quantitative estimate of drug-likeness (QED) is 0.878. The van der Waals surface area contributed by atoms with Crippen LogP contribution in [0.5, 0.6) is 0 Å². The highest BCUT2D eigenvalue weighted by Gasteiger charge is 2.06. The van der Waals surface area contributed by atoms with Gasteiger partial charge in [0.15, 0.2) is 5.13 Å². The van der Waals surface area contributed by atoms with Gasteiger partial charge in [-0.15, -0.1) is 0 Å². The number of benzene rings is 1. The lowest BCUT2D eigenvalue weighted by Crippen LogP contribution is -2.31. The van der Waals surface area contributed by atoms with E-state index in [0.717, 1.165) is 10.2 Å². The van der Waals surface area contributed by atoms with Crippen LogP contribution in [-0.2, 0) is 0 Å². The predicted octanol–water partition coefficient (Wildman–Crippen LogP) is 3.07. The van der Waals surface area contributed by atoms with Gasteiger partial charge in [0.1, 0.15) is 0 Å². The third-order valence-electron chi connectivity index (χ3n) is 2.19. The number of thiazole rings is 1. The number of anilines is 1. The van der Waals surface area contributed by atoms with Crippen LogP contribution in [0.3, 0.4) is 0 Å². The molecule has 0 aliphatic carbocycles. The number of carbonyl (C=O) groups is 1. The molecule has 0 unspecified atom stereocenters. The van der Waals surface area contributed by atoms with Crippen molar-refractivity contribution in [2.45, 2.75) is 13.8 Å². The number of para-hydroxylation sites is 1. The molecule has 1 aromatic carbocycles. The Labute approximate surface area is 104 Å². The van der Waals surface area contributed by atoms with Crippen LogP contribution in [0.15, 0.2) is 24.3 Å². The summed E-state index contributed by atoms with van der Waals surface area (Å²) in [6, 6.07) is 7.62. The highest BCUT2D eigenvalue weighted by atomic mass is 32.1. The second kappa shape index (κ2) is 5.14. The Hall–Kier alpha value is -1.62. The van der Waals surface area contributed by atoms with Crippen molar-refractivity contribution in [1.29, 1.82) is 0 Å². The maximum Gasteiger partial charge on any atom is 0.321 e. The molecule has 0 bridgehead atoms. The molecule has 17 heavy (non-hydrogen) atoms. The molecule has 0 saturated heterocycles.